The van der Waals surface area contributed by atoms with Gasteiger partial charge in [0, 0.05) is 43.8 Å². The summed E-state index contributed by atoms with van der Waals surface area (Å²) in [6.45, 7) is 2.09. The van der Waals surface area contributed by atoms with Crippen LogP contribution < -0.4 is 10.1 Å². The van der Waals surface area contributed by atoms with Crippen LogP contribution in [-0.2, 0) is 4.79 Å². The number of rotatable bonds is 5. The third-order valence-electron chi connectivity index (χ3n) is 4.17. The van der Waals surface area contributed by atoms with E-state index in [1.807, 2.05) is 6.07 Å². The molecule has 0 bridgehead atoms. The van der Waals surface area contributed by atoms with Gasteiger partial charge in [0.15, 0.2) is 0 Å². The standard InChI is InChI=1S/C18H19ClN4O3/c1-26-17-3-2-13(10-15(17)19)21-14-4-5-20-16(11-14)18(25)23-8-6-22(12-24)7-9-23/h2-5,10-12H,6-9H2,1H3,(H,20,21). The van der Waals surface area contributed by atoms with Crippen molar-refractivity contribution in [2.75, 3.05) is 38.6 Å². The summed E-state index contributed by atoms with van der Waals surface area (Å²) in [5.74, 6) is 0.448. The van der Waals surface area contributed by atoms with Crippen molar-refractivity contribution < 1.29 is 14.3 Å². The highest BCUT2D eigenvalue weighted by Crippen LogP contribution is 2.28. The van der Waals surface area contributed by atoms with Gasteiger partial charge in [-0.3, -0.25) is 14.6 Å². The maximum atomic E-state index is 12.6. The Hall–Kier alpha value is -2.80. The van der Waals surface area contributed by atoms with E-state index in [2.05, 4.69) is 10.3 Å². The zero-order valence-corrected chi connectivity index (χ0v) is 15.1. The Morgan fingerprint density at radius 2 is 1.92 bits per heavy atom. The summed E-state index contributed by atoms with van der Waals surface area (Å²) >= 11 is 6.14. The van der Waals surface area contributed by atoms with Gasteiger partial charge in [0.05, 0.1) is 12.1 Å². The van der Waals surface area contributed by atoms with Gasteiger partial charge in [0.25, 0.3) is 5.91 Å². The molecule has 1 aliphatic rings. The number of nitrogens with one attached hydrogen (secondary N) is 1. The molecular weight excluding hydrogens is 356 g/mol. The van der Waals surface area contributed by atoms with E-state index in [-0.39, 0.29) is 5.91 Å². The van der Waals surface area contributed by atoms with Gasteiger partial charge in [-0.2, -0.15) is 0 Å². The average Bonchev–Trinajstić information content (AvgIpc) is 2.68. The molecule has 1 saturated heterocycles. The van der Waals surface area contributed by atoms with E-state index in [1.165, 1.54) is 0 Å². The van der Waals surface area contributed by atoms with Crippen molar-refractivity contribution >= 4 is 35.3 Å². The first-order valence-electron chi connectivity index (χ1n) is 8.16. The quantitative estimate of drug-likeness (QED) is 0.813. The van der Waals surface area contributed by atoms with Crippen molar-refractivity contribution in [3.63, 3.8) is 0 Å². The van der Waals surface area contributed by atoms with Crippen LogP contribution in [0.3, 0.4) is 0 Å². The monoisotopic (exact) mass is 374 g/mol. The molecule has 3 rings (SSSR count). The van der Waals surface area contributed by atoms with E-state index in [9.17, 15) is 9.59 Å². The number of carbonyl (C=O) groups excluding carboxylic acids is 2. The number of nitrogens with zero attached hydrogens (tertiary/aromatic N) is 3. The second-order valence-corrected chi connectivity index (χ2v) is 6.24. The lowest BCUT2D eigenvalue weighted by atomic mass is 10.2. The van der Waals surface area contributed by atoms with Crippen LogP contribution >= 0.6 is 11.6 Å². The van der Waals surface area contributed by atoms with Crippen LogP contribution in [-0.4, -0.2) is 60.4 Å². The lowest BCUT2D eigenvalue weighted by Crippen LogP contribution is -2.48. The first-order valence-corrected chi connectivity index (χ1v) is 8.54. The number of benzene rings is 1. The smallest absolute Gasteiger partial charge is 0.272 e. The molecule has 7 nitrogen and oxygen atoms in total. The zero-order chi connectivity index (χ0) is 18.5. The number of halogens is 1. The van der Waals surface area contributed by atoms with Crippen molar-refractivity contribution in [1.29, 1.82) is 0 Å². The highest BCUT2D eigenvalue weighted by Gasteiger charge is 2.22. The lowest BCUT2D eigenvalue weighted by Gasteiger charge is -2.32. The Labute approximate surface area is 156 Å². The molecule has 0 spiro atoms. The molecule has 0 aliphatic carbocycles. The molecule has 1 N–H and O–H groups in total. The topological polar surface area (TPSA) is 74.8 Å². The normalized spacial score (nSPS) is 14.1. The molecule has 1 aliphatic heterocycles. The van der Waals surface area contributed by atoms with Crippen molar-refractivity contribution in [3.05, 3.63) is 47.2 Å². The number of aromatic nitrogens is 1. The third kappa shape index (κ3) is 4.05. The van der Waals surface area contributed by atoms with E-state index in [0.717, 1.165) is 17.8 Å². The third-order valence-corrected chi connectivity index (χ3v) is 4.47. The summed E-state index contributed by atoms with van der Waals surface area (Å²) in [5.41, 5.74) is 1.87. The molecule has 0 saturated carbocycles. The first-order chi connectivity index (χ1) is 12.6. The summed E-state index contributed by atoms with van der Waals surface area (Å²) in [4.78, 5) is 30.9. The maximum absolute atomic E-state index is 12.6. The van der Waals surface area contributed by atoms with Gasteiger partial charge in [0.1, 0.15) is 11.4 Å². The van der Waals surface area contributed by atoms with Gasteiger partial charge in [0.2, 0.25) is 6.41 Å². The summed E-state index contributed by atoms with van der Waals surface area (Å²) in [6, 6.07) is 8.84. The van der Waals surface area contributed by atoms with Crippen LogP contribution in [0.1, 0.15) is 10.5 Å². The van der Waals surface area contributed by atoms with Crippen molar-refractivity contribution in [2.24, 2.45) is 0 Å². The fraction of sp³-hybridized carbons (Fsp3) is 0.278. The second-order valence-electron chi connectivity index (χ2n) is 5.84. The summed E-state index contributed by atoms with van der Waals surface area (Å²) in [5, 5.41) is 3.70. The number of anilines is 2. The fourth-order valence-electron chi connectivity index (χ4n) is 2.73. The number of pyridine rings is 1. The fourth-order valence-corrected chi connectivity index (χ4v) is 2.99. The minimum atomic E-state index is -0.146. The van der Waals surface area contributed by atoms with Crippen LogP contribution in [0.2, 0.25) is 5.02 Å². The summed E-state index contributed by atoms with van der Waals surface area (Å²) in [6.07, 6.45) is 2.40. The van der Waals surface area contributed by atoms with Crippen LogP contribution in [0.25, 0.3) is 0 Å². The molecule has 1 aromatic carbocycles. The number of amides is 2. The molecule has 136 valence electrons. The Balaban J connectivity index is 1.71. The SMILES string of the molecule is COc1ccc(Nc2ccnc(C(=O)N3CCN(C=O)CC3)c2)cc1Cl. The van der Waals surface area contributed by atoms with Gasteiger partial charge in [-0.25, -0.2) is 0 Å². The number of hydrogen-bond acceptors (Lipinski definition) is 5. The van der Waals surface area contributed by atoms with Crippen LogP contribution in [0.4, 0.5) is 11.4 Å². The van der Waals surface area contributed by atoms with E-state index in [4.69, 9.17) is 16.3 Å². The Bertz CT molecular complexity index is 807. The number of carbonyl (C=O) groups is 2. The van der Waals surface area contributed by atoms with Crippen LogP contribution in [0.15, 0.2) is 36.5 Å². The molecule has 8 heteroatoms. The van der Waals surface area contributed by atoms with Crippen molar-refractivity contribution in [1.82, 2.24) is 14.8 Å². The predicted molar refractivity (Wildman–Crippen MR) is 99.1 cm³/mol. The van der Waals surface area contributed by atoms with Gasteiger partial charge in [-0.05, 0) is 30.3 Å². The molecule has 0 unspecified atom stereocenters. The Morgan fingerprint density at radius 1 is 1.19 bits per heavy atom. The number of methoxy groups -OCH3 is 1. The Morgan fingerprint density at radius 3 is 2.58 bits per heavy atom. The average molecular weight is 375 g/mol. The van der Waals surface area contributed by atoms with E-state index >= 15 is 0 Å². The molecule has 2 aromatic rings. The minimum absolute atomic E-state index is 0.146. The van der Waals surface area contributed by atoms with Gasteiger partial charge in [-0.1, -0.05) is 11.6 Å². The largest absolute Gasteiger partial charge is 0.495 e. The van der Waals surface area contributed by atoms with Crippen LogP contribution in [0, 0.1) is 0 Å². The van der Waals surface area contributed by atoms with E-state index in [0.29, 0.717) is 42.6 Å². The highest BCUT2D eigenvalue weighted by molar-refractivity contribution is 6.32. The van der Waals surface area contributed by atoms with Crippen molar-refractivity contribution in [2.45, 2.75) is 0 Å². The molecule has 0 radical (unpaired) electrons. The second kappa shape index (κ2) is 8.05. The highest BCUT2D eigenvalue weighted by atomic mass is 35.5. The molecule has 2 heterocycles. The summed E-state index contributed by atoms with van der Waals surface area (Å²) < 4.78 is 5.14. The summed E-state index contributed by atoms with van der Waals surface area (Å²) in [7, 11) is 1.56. The number of hydrogen-bond donors (Lipinski definition) is 1. The zero-order valence-electron chi connectivity index (χ0n) is 14.3. The maximum Gasteiger partial charge on any atom is 0.272 e. The molecule has 2 amide bonds. The molecule has 0 atom stereocenters. The van der Waals surface area contributed by atoms with E-state index in [1.54, 1.807) is 47.4 Å². The molecular formula is C18H19ClN4O3. The lowest BCUT2D eigenvalue weighted by molar-refractivity contribution is -0.119. The van der Waals surface area contributed by atoms with Crippen molar-refractivity contribution in [3.8, 4) is 5.75 Å². The van der Waals surface area contributed by atoms with Gasteiger partial charge in [-0.15, -0.1) is 0 Å². The van der Waals surface area contributed by atoms with Crippen LogP contribution in [0.5, 0.6) is 5.75 Å². The Kier molecular flexibility index (Phi) is 5.58. The molecule has 1 fully saturated rings. The van der Waals surface area contributed by atoms with Gasteiger partial charge >= 0.3 is 0 Å². The molecule has 1 aromatic heterocycles. The van der Waals surface area contributed by atoms with Gasteiger partial charge < -0.3 is 19.9 Å². The molecule has 26 heavy (non-hydrogen) atoms. The number of ether oxygens (including phenoxy) is 1. The van der Waals surface area contributed by atoms with E-state index < -0.39 is 0 Å². The first kappa shape index (κ1) is 18.0. The predicted octanol–water partition coefficient (Wildman–Crippen LogP) is 2.40. The number of piperazine rings is 1. The minimum Gasteiger partial charge on any atom is -0.495 e.